The van der Waals surface area contributed by atoms with Crippen LogP contribution in [0.2, 0.25) is 0 Å². The summed E-state index contributed by atoms with van der Waals surface area (Å²) < 4.78 is 38.1. The fraction of sp³-hybridized carbons (Fsp3) is 0.176. The molecule has 4 nitrogen and oxygen atoms in total. The van der Waals surface area contributed by atoms with E-state index in [0.717, 1.165) is 17.7 Å². The van der Waals surface area contributed by atoms with Crippen molar-refractivity contribution < 1.29 is 18.0 Å². The van der Waals surface area contributed by atoms with Gasteiger partial charge in [0, 0.05) is 24.8 Å². The average molecular weight is 367 g/mol. The van der Waals surface area contributed by atoms with Crippen LogP contribution in [0.15, 0.2) is 48.5 Å². The highest BCUT2D eigenvalue weighted by atomic mass is 32.1. The SMILES string of the molecule is CC(=O)NCc1ccc(NC(=S)Nc2cccc(C(F)(F)F)c2)cc1. The molecule has 25 heavy (non-hydrogen) atoms. The van der Waals surface area contributed by atoms with Gasteiger partial charge in [0.2, 0.25) is 5.91 Å². The number of nitrogens with one attached hydrogen (secondary N) is 3. The first kappa shape index (κ1) is 18.7. The molecule has 0 saturated carbocycles. The first-order valence-corrected chi connectivity index (χ1v) is 7.73. The Hall–Kier alpha value is -2.61. The smallest absolute Gasteiger partial charge is 0.352 e. The van der Waals surface area contributed by atoms with E-state index in [1.807, 2.05) is 12.1 Å². The Morgan fingerprint density at radius 3 is 2.28 bits per heavy atom. The molecule has 0 unspecified atom stereocenters. The monoisotopic (exact) mass is 367 g/mol. The van der Waals surface area contributed by atoms with Crippen LogP contribution in [0.25, 0.3) is 0 Å². The van der Waals surface area contributed by atoms with Gasteiger partial charge in [0.05, 0.1) is 5.56 Å². The van der Waals surface area contributed by atoms with Crippen molar-refractivity contribution in [2.45, 2.75) is 19.6 Å². The third-order valence-corrected chi connectivity index (χ3v) is 3.41. The molecular weight excluding hydrogens is 351 g/mol. The first-order valence-electron chi connectivity index (χ1n) is 7.33. The molecular formula is C17H16F3N3OS. The zero-order valence-corrected chi connectivity index (χ0v) is 14.1. The fourth-order valence-electron chi connectivity index (χ4n) is 2.00. The van der Waals surface area contributed by atoms with E-state index in [4.69, 9.17) is 12.2 Å². The van der Waals surface area contributed by atoms with Crippen molar-refractivity contribution in [2.24, 2.45) is 0 Å². The molecule has 0 aliphatic rings. The zero-order chi connectivity index (χ0) is 18.4. The van der Waals surface area contributed by atoms with Crippen molar-refractivity contribution in [1.82, 2.24) is 5.32 Å². The fourth-order valence-corrected chi connectivity index (χ4v) is 2.23. The number of carbonyl (C=O) groups is 1. The number of alkyl halides is 3. The van der Waals surface area contributed by atoms with Crippen molar-refractivity contribution in [3.8, 4) is 0 Å². The number of thiocarbonyl (C=S) groups is 1. The van der Waals surface area contributed by atoms with Crippen molar-refractivity contribution >= 4 is 34.6 Å². The van der Waals surface area contributed by atoms with Crippen LogP contribution in [0, 0.1) is 0 Å². The van der Waals surface area contributed by atoms with E-state index in [9.17, 15) is 18.0 Å². The molecule has 2 aromatic rings. The molecule has 0 radical (unpaired) electrons. The highest BCUT2D eigenvalue weighted by molar-refractivity contribution is 7.80. The minimum absolute atomic E-state index is 0.117. The van der Waals surface area contributed by atoms with E-state index >= 15 is 0 Å². The number of amides is 1. The molecule has 0 saturated heterocycles. The Morgan fingerprint density at radius 2 is 1.68 bits per heavy atom. The number of hydrogen-bond acceptors (Lipinski definition) is 2. The van der Waals surface area contributed by atoms with Crippen LogP contribution in [0.3, 0.4) is 0 Å². The standard InChI is InChI=1S/C17H16F3N3OS/c1-11(24)21-10-12-5-7-14(8-6-12)22-16(25)23-15-4-2-3-13(9-15)17(18,19)20/h2-9H,10H2,1H3,(H,21,24)(H2,22,23,25). The lowest BCUT2D eigenvalue weighted by molar-refractivity contribution is -0.137. The summed E-state index contributed by atoms with van der Waals surface area (Å²) in [5.41, 5.74) is 1.09. The number of rotatable bonds is 4. The van der Waals surface area contributed by atoms with Gasteiger partial charge in [-0.2, -0.15) is 13.2 Å². The molecule has 2 aromatic carbocycles. The summed E-state index contributed by atoms with van der Waals surface area (Å²) in [4.78, 5) is 10.9. The Bertz CT molecular complexity index is 760. The zero-order valence-electron chi connectivity index (χ0n) is 13.3. The van der Waals surface area contributed by atoms with Gasteiger partial charge in [-0.15, -0.1) is 0 Å². The van der Waals surface area contributed by atoms with E-state index < -0.39 is 11.7 Å². The number of hydrogen-bond donors (Lipinski definition) is 3. The molecule has 3 N–H and O–H groups in total. The summed E-state index contributed by atoms with van der Waals surface area (Å²) in [7, 11) is 0. The summed E-state index contributed by atoms with van der Waals surface area (Å²) in [6.07, 6.45) is -4.41. The number of halogens is 3. The summed E-state index contributed by atoms with van der Waals surface area (Å²) >= 11 is 5.11. The van der Waals surface area contributed by atoms with Gasteiger partial charge in [-0.25, -0.2) is 0 Å². The molecule has 0 bridgehead atoms. The molecule has 0 spiro atoms. The van der Waals surface area contributed by atoms with E-state index in [1.54, 1.807) is 12.1 Å². The maximum absolute atomic E-state index is 12.7. The lowest BCUT2D eigenvalue weighted by Crippen LogP contribution is -2.20. The second-order valence-corrected chi connectivity index (χ2v) is 5.67. The summed E-state index contributed by atoms with van der Waals surface area (Å²) in [6, 6.07) is 11.9. The predicted octanol–water partition coefficient (Wildman–Crippen LogP) is 4.15. The van der Waals surface area contributed by atoms with Crippen molar-refractivity contribution in [1.29, 1.82) is 0 Å². The molecule has 0 heterocycles. The summed E-state index contributed by atoms with van der Waals surface area (Å²) in [5, 5.41) is 8.47. The van der Waals surface area contributed by atoms with Gasteiger partial charge < -0.3 is 16.0 Å². The molecule has 0 aliphatic heterocycles. The quantitative estimate of drug-likeness (QED) is 0.711. The van der Waals surface area contributed by atoms with Gasteiger partial charge in [0.15, 0.2) is 5.11 Å². The third-order valence-electron chi connectivity index (χ3n) is 3.20. The van der Waals surface area contributed by atoms with Crippen molar-refractivity contribution in [2.75, 3.05) is 10.6 Å². The maximum Gasteiger partial charge on any atom is 0.416 e. The van der Waals surface area contributed by atoms with Crippen LogP contribution < -0.4 is 16.0 Å². The largest absolute Gasteiger partial charge is 0.416 e. The van der Waals surface area contributed by atoms with Gasteiger partial charge in [-0.1, -0.05) is 18.2 Å². The molecule has 8 heteroatoms. The highest BCUT2D eigenvalue weighted by Gasteiger charge is 2.30. The summed E-state index contributed by atoms with van der Waals surface area (Å²) in [6.45, 7) is 1.86. The lowest BCUT2D eigenvalue weighted by atomic mass is 10.2. The van der Waals surface area contributed by atoms with E-state index in [0.29, 0.717) is 12.2 Å². The minimum Gasteiger partial charge on any atom is -0.352 e. The molecule has 0 aromatic heterocycles. The van der Waals surface area contributed by atoms with Crippen LogP contribution in [0.5, 0.6) is 0 Å². The Morgan fingerprint density at radius 1 is 1.04 bits per heavy atom. The first-order chi connectivity index (χ1) is 11.7. The number of carbonyl (C=O) groups excluding carboxylic acids is 1. The predicted molar refractivity (Wildman–Crippen MR) is 95.3 cm³/mol. The molecule has 1 amide bonds. The highest BCUT2D eigenvalue weighted by Crippen LogP contribution is 2.30. The van der Waals surface area contributed by atoms with Crippen molar-refractivity contribution in [3.63, 3.8) is 0 Å². The van der Waals surface area contributed by atoms with Crippen LogP contribution >= 0.6 is 12.2 Å². The van der Waals surface area contributed by atoms with Gasteiger partial charge in [-0.05, 0) is 48.1 Å². The molecule has 2 rings (SSSR count). The van der Waals surface area contributed by atoms with E-state index in [1.165, 1.54) is 19.1 Å². The average Bonchev–Trinajstić information content (AvgIpc) is 2.53. The molecule has 0 fully saturated rings. The molecule has 0 atom stereocenters. The van der Waals surface area contributed by atoms with Gasteiger partial charge in [0.1, 0.15) is 0 Å². The van der Waals surface area contributed by atoms with Gasteiger partial charge in [0.25, 0.3) is 0 Å². The van der Waals surface area contributed by atoms with Crippen LogP contribution in [0.4, 0.5) is 24.5 Å². The summed E-state index contributed by atoms with van der Waals surface area (Å²) in [5.74, 6) is -0.117. The topological polar surface area (TPSA) is 53.2 Å². The van der Waals surface area contributed by atoms with Gasteiger partial charge in [-0.3, -0.25) is 4.79 Å². The number of benzene rings is 2. The second kappa shape index (κ2) is 7.98. The number of anilines is 2. The molecule has 0 aliphatic carbocycles. The van der Waals surface area contributed by atoms with E-state index in [2.05, 4.69) is 16.0 Å². The van der Waals surface area contributed by atoms with Crippen LogP contribution in [-0.4, -0.2) is 11.0 Å². The second-order valence-electron chi connectivity index (χ2n) is 5.26. The Labute approximate surface area is 148 Å². The molecule has 132 valence electrons. The van der Waals surface area contributed by atoms with Crippen LogP contribution in [-0.2, 0) is 17.5 Å². The Balaban J connectivity index is 1.95. The maximum atomic E-state index is 12.7. The van der Waals surface area contributed by atoms with E-state index in [-0.39, 0.29) is 16.7 Å². The van der Waals surface area contributed by atoms with Gasteiger partial charge >= 0.3 is 6.18 Å². The third kappa shape index (κ3) is 6.07. The minimum atomic E-state index is -4.41. The van der Waals surface area contributed by atoms with Crippen LogP contribution in [0.1, 0.15) is 18.1 Å². The Kier molecular flexibility index (Phi) is 5.97. The van der Waals surface area contributed by atoms with Crippen molar-refractivity contribution in [3.05, 3.63) is 59.7 Å². The lowest BCUT2D eigenvalue weighted by Gasteiger charge is -2.13. The normalized spacial score (nSPS) is 10.9.